The molecule has 0 fully saturated rings. The van der Waals surface area contributed by atoms with Crippen LogP contribution in [-0.4, -0.2) is 11.7 Å². The van der Waals surface area contributed by atoms with Crippen molar-refractivity contribution in [1.82, 2.24) is 5.32 Å². The highest BCUT2D eigenvalue weighted by molar-refractivity contribution is 6.25. The van der Waals surface area contributed by atoms with Crippen LogP contribution in [0.4, 0.5) is 0 Å². The number of aliphatic imine (C=N–C) groups is 2. The van der Waals surface area contributed by atoms with E-state index in [0.717, 1.165) is 88.3 Å². The summed E-state index contributed by atoms with van der Waals surface area (Å²) < 4.78 is 13.0. The molecule has 8 aromatic carbocycles. The van der Waals surface area contributed by atoms with E-state index < -0.39 is 0 Å². The minimum Gasteiger partial charge on any atom is -0.456 e. The van der Waals surface area contributed by atoms with Crippen molar-refractivity contribution in [1.29, 1.82) is 0 Å². The van der Waals surface area contributed by atoms with Crippen LogP contribution in [0.1, 0.15) is 22.9 Å². The molecule has 1 atom stereocenters. The van der Waals surface area contributed by atoms with Crippen LogP contribution in [-0.2, 0) is 0 Å². The minimum absolute atomic E-state index is 0.335. The fourth-order valence-corrected chi connectivity index (χ4v) is 7.92. The van der Waals surface area contributed by atoms with E-state index in [1.165, 1.54) is 10.8 Å². The largest absolute Gasteiger partial charge is 0.456 e. The molecule has 0 aliphatic carbocycles. The minimum atomic E-state index is -0.335. The molecule has 5 nitrogen and oxygen atoms in total. The summed E-state index contributed by atoms with van der Waals surface area (Å²) >= 11 is 0. The SMILES string of the molecule is c1ccc(C2N=C(c3cc4ccccc4c4ccccc34)N=C(c3cccc4oc5cc(-c6cccc7c6oc6ccccc67)ccc5c34)N2)cc1. The van der Waals surface area contributed by atoms with E-state index in [0.29, 0.717) is 5.84 Å². The smallest absolute Gasteiger partial charge is 0.160 e. The number of amidine groups is 2. The fourth-order valence-electron chi connectivity index (χ4n) is 7.92. The third-order valence-corrected chi connectivity index (χ3v) is 10.3. The molecule has 0 radical (unpaired) electrons. The third-order valence-electron chi connectivity index (χ3n) is 10.3. The fraction of sp³-hybridized carbons (Fsp3) is 0.0213. The number of fused-ring (bicyclic) bond motifs is 9. The number of nitrogens with zero attached hydrogens (tertiary/aromatic N) is 2. The molecule has 0 bridgehead atoms. The van der Waals surface area contributed by atoms with Gasteiger partial charge in [0.05, 0.1) is 0 Å². The highest BCUT2D eigenvalue weighted by Gasteiger charge is 2.25. The molecule has 5 heteroatoms. The van der Waals surface area contributed by atoms with Crippen molar-refractivity contribution in [2.45, 2.75) is 6.17 Å². The second-order valence-electron chi connectivity index (χ2n) is 13.3. The number of para-hydroxylation sites is 2. The summed E-state index contributed by atoms with van der Waals surface area (Å²) in [5.41, 5.74) is 8.45. The Morgan fingerprint density at radius 3 is 2.08 bits per heavy atom. The molecule has 1 unspecified atom stereocenters. The Hall–Kier alpha value is -6.98. The number of hydrogen-bond donors (Lipinski definition) is 1. The summed E-state index contributed by atoms with van der Waals surface area (Å²) in [4.78, 5) is 10.6. The van der Waals surface area contributed by atoms with Crippen LogP contribution in [0.2, 0.25) is 0 Å². The van der Waals surface area contributed by atoms with Gasteiger partial charge in [0.1, 0.15) is 34.3 Å². The lowest BCUT2D eigenvalue weighted by atomic mass is 9.96. The molecule has 1 aliphatic heterocycles. The molecule has 10 aromatic rings. The van der Waals surface area contributed by atoms with Crippen molar-refractivity contribution in [3.63, 3.8) is 0 Å². The van der Waals surface area contributed by atoms with Gasteiger partial charge in [-0.3, -0.25) is 0 Å². The Bertz CT molecular complexity index is 3110. The van der Waals surface area contributed by atoms with Crippen LogP contribution in [0.3, 0.4) is 0 Å². The normalized spacial score (nSPS) is 14.7. The highest BCUT2D eigenvalue weighted by Crippen LogP contribution is 2.40. The van der Waals surface area contributed by atoms with Crippen molar-refractivity contribution in [3.05, 3.63) is 180 Å². The molecule has 1 N–H and O–H groups in total. The first kappa shape index (κ1) is 28.8. The van der Waals surface area contributed by atoms with E-state index in [1.807, 2.05) is 36.4 Å². The zero-order chi connectivity index (χ0) is 34.2. The summed E-state index contributed by atoms with van der Waals surface area (Å²) in [6.45, 7) is 0. The average Bonchev–Trinajstić information content (AvgIpc) is 3.79. The molecule has 52 heavy (non-hydrogen) atoms. The standard InChI is InChI=1S/C47H29N3O2/c1-2-12-28(13-3-1)45-48-46(50-47(49-45)39-26-29-14-4-5-15-31(29)33-16-6-7-17-34(33)39)38-21-11-23-41-43(38)37-25-24-30(27-42(37)51-41)32-19-10-20-36-35-18-8-9-22-40(35)52-44(32)36/h1-27,45H,(H,48,49,50). The zero-order valence-corrected chi connectivity index (χ0v) is 27.9. The van der Waals surface area contributed by atoms with Crippen LogP contribution in [0.5, 0.6) is 0 Å². The molecular formula is C47H29N3O2. The second kappa shape index (κ2) is 11.3. The van der Waals surface area contributed by atoms with Crippen LogP contribution < -0.4 is 5.32 Å². The number of benzene rings is 8. The van der Waals surface area contributed by atoms with Gasteiger partial charge in [-0.15, -0.1) is 0 Å². The van der Waals surface area contributed by atoms with Crippen LogP contribution in [0, 0.1) is 0 Å². The van der Waals surface area contributed by atoms with Crippen molar-refractivity contribution < 1.29 is 8.83 Å². The topological polar surface area (TPSA) is 63.0 Å². The molecule has 1 aliphatic rings. The molecule has 11 rings (SSSR count). The molecule has 0 spiro atoms. The van der Waals surface area contributed by atoms with E-state index in [4.69, 9.17) is 18.8 Å². The van der Waals surface area contributed by atoms with Gasteiger partial charge in [-0.25, -0.2) is 9.98 Å². The maximum Gasteiger partial charge on any atom is 0.160 e. The monoisotopic (exact) mass is 667 g/mol. The predicted octanol–water partition coefficient (Wildman–Crippen LogP) is 12.0. The van der Waals surface area contributed by atoms with Crippen molar-refractivity contribution >= 4 is 77.1 Å². The maximum atomic E-state index is 6.60. The Morgan fingerprint density at radius 2 is 1.17 bits per heavy atom. The average molecular weight is 668 g/mol. The maximum absolute atomic E-state index is 6.60. The number of nitrogens with one attached hydrogen (secondary N) is 1. The molecular weight excluding hydrogens is 639 g/mol. The van der Waals surface area contributed by atoms with Crippen LogP contribution in [0.25, 0.3) is 76.5 Å². The first-order chi connectivity index (χ1) is 25.8. The Labute approximate surface area is 298 Å². The zero-order valence-electron chi connectivity index (χ0n) is 27.9. The van der Waals surface area contributed by atoms with Gasteiger partial charge in [0.2, 0.25) is 0 Å². The van der Waals surface area contributed by atoms with Gasteiger partial charge in [-0.05, 0) is 63.0 Å². The van der Waals surface area contributed by atoms with Gasteiger partial charge < -0.3 is 14.2 Å². The van der Waals surface area contributed by atoms with Crippen molar-refractivity contribution in [2.24, 2.45) is 9.98 Å². The molecule has 244 valence electrons. The van der Waals surface area contributed by atoms with Crippen molar-refractivity contribution in [2.75, 3.05) is 0 Å². The predicted molar refractivity (Wildman–Crippen MR) is 213 cm³/mol. The second-order valence-corrected chi connectivity index (χ2v) is 13.3. The first-order valence-corrected chi connectivity index (χ1v) is 17.5. The molecule has 0 saturated carbocycles. The van der Waals surface area contributed by atoms with Gasteiger partial charge >= 0.3 is 0 Å². The summed E-state index contributed by atoms with van der Waals surface area (Å²) in [5.74, 6) is 1.44. The Kier molecular flexibility index (Phi) is 6.25. The van der Waals surface area contributed by atoms with E-state index in [1.54, 1.807) is 0 Å². The quantitative estimate of drug-likeness (QED) is 0.190. The summed E-state index contributed by atoms with van der Waals surface area (Å²) in [5, 5.41) is 12.6. The van der Waals surface area contributed by atoms with Gasteiger partial charge in [-0.1, -0.05) is 133 Å². The van der Waals surface area contributed by atoms with Gasteiger partial charge in [0.25, 0.3) is 0 Å². The van der Waals surface area contributed by atoms with E-state index >= 15 is 0 Å². The molecule has 0 amide bonds. The number of furan rings is 2. The summed E-state index contributed by atoms with van der Waals surface area (Å²) in [7, 11) is 0. The van der Waals surface area contributed by atoms with Crippen LogP contribution in [0.15, 0.2) is 183 Å². The summed E-state index contributed by atoms with van der Waals surface area (Å²) in [6, 6.07) is 56.8. The molecule has 2 aromatic heterocycles. The lowest BCUT2D eigenvalue weighted by Gasteiger charge is -2.24. The van der Waals surface area contributed by atoms with Gasteiger partial charge in [0, 0.05) is 38.2 Å². The van der Waals surface area contributed by atoms with Crippen LogP contribution >= 0.6 is 0 Å². The number of rotatable bonds is 4. The van der Waals surface area contributed by atoms with E-state index in [2.05, 4.69) is 133 Å². The van der Waals surface area contributed by atoms with E-state index in [9.17, 15) is 0 Å². The number of hydrogen-bond acceptors (Lipinski definition) is 5. The Morgan fingerprint density at radius 1 is 0.462 bits per heavy atom. The molecule has 3 heterocycles. The lowest BCUT2D eigenvalue weighted by molar-refractivity contribution is 0.667. The first-order valence-electron chi connectivity index (χ1n) is 17.5. The Balaban J connectivity index is 1.09. The van der Waals surface area contributed by atoms with Gasteiger partial charge in [0.15, 0.2) is 5.84 Å². The van der Waals surface area contributed by atoms with E-state index in [-0.39, 0.29) is 6.17 Å². The molecule has 0 saturated heterocycles. The lowest BCUT2D eigenvalue weighted by Crippen LogP contribution is -2.33. The third kappa shape index (κ3) is 4.42. The summed E-state index contributed by atoms with van der Waals surface area (Å²) in [6.07, 6.45) is -0.335. The van der Waals surface area contributed by atoms with Gasteiger partial charge in [-0.2, -0.15) is 0 Å². The highest BCUT2D eigenvalue weighted by atomic mass is 16.3. The van der Waals surface area contributed by atoms with Crippen molar-refractivity contribution in [3.8, 4) is 11.1 Å².